The smallest absolute Gasteiger partial charge is 0.122 e. The molecule has 0 radical (unpaired) electrons. The van der Waals surface area contributed by atoms with Gasteiger partial charge in [0.05, 0.1) is 20.9 Å². The Hall–Kier alpha value is -1.94. The molecule has 1 atom stereocenters. The lowest BCUT2D eigenvalue weighted by atomic mass is 9.99. The maximum atomic E-state index is 12.5. The summed E-state index contributed by atoms with van der Waals surface area (Å²) in [6.07, 6.45) is 2.53. The van der Waals surface area contributed by atoms with E-state index in [0.29, 0.717) is 6.42 Å². The average Bonchev–Trinajstić information content (AvgIpc) is 2.49. The third-order valence-corrected chi connectivity index (χ3v) is 3.32. The molecule has 0 heterocycles. The zero-order valence-electron chi connectivity index (χ0n) is 12.8. The standard InChI is InChI=1S/C15H22FN3O2/c1-4-5-11-9-15(21-3)12(10-14(11)20-2)8-13(6-7-16)18-19-17/h9-10,13H,4-8H2,1-3H3. The number of methoxy groups -OCH3 is 2. The molecule has 1 unspecified atom stereocenters. The van der Waals surface area contributed by atoms with Crippen molar-refractivity contribution in [3.8, 4) is 11.5 Å². The highest BCUT2D eigenvalue weighted by atomic mass is 19.1. The maximum Gasteiger partial charge on any atom is 0.122 e. The van der Waals surface area contributed by atoms with Crippen LogP contribution < -0.4 is 9.47 Å². The summed E-state index contributed by atoms with van der Waals surface area (Å²) < 4.78 is 23.3. The van der Waals surface area contributed by atoms with E-state index in [1.54, 1.807) is 14.2 Å². The van der Waals surface area contributed by atoms with Gasteiger partial charge in [-0.3, -0.25) is 4.39 Å². The van der Waals surface area contributed by atoms with Gasteiger partial charge in [0.1, 0.15) is 11.5 Å². The van der Waals surface area contributed by atoms with Crippen LogP contribution in [0.25, 0.3) is 10.4 Å². The fraction of sp³-hybridized carbons (Fsp3) is 0.600. The zero-order chi connectivity index (χ0) is 15.7. The van der Waals surface area contributed by atoms with Gasteiger partial charge >= 0.3 is 0 Å². The van der Waals surface area contributed by atoms with Gasteiger partial charge in [0.2, 0.25) is 0 Å². The molecular formula is C15H22FN3O2. The van der Waals surface area contributed by atoms with Crippen molar-refractivity contribution in [3.63, 3.8) is 0 Å². The number of ether oxygens (including phenoxy) is 2. The number of benzene rings is 1. The molecule has 0 N–H and O–H groups in total. The van der Waals surface area contributed by atoms with Gasteiger partial charge in [-0.15, -0.1) is 0 Å². The van der Waals surface area contributed by atoms with Crippen LogP contribution in [0.4, 0.5) is 4.39 Å². The molecule has 0 amide bonds. The molecule has 0 aromatic heterocycles. The molecule has 1 rings (SSSR count). The highest BCUT2D eigenvalue weighted by Gasteiger charge is 2.15. The Balaban J connectivity index is 3.11. The Morgan fingerprint density at radius 3 is 2.38 bits per heavy atom. The molecule has 1 aromatic rings. The predicted octanol–water partition coefficient (Wildman–Crippen LogP) is 4.24. The second kappa shape index (κ2) is 9.08. The normalized spacial score (nSPS) is 11.6. The summed E-state index contributed by atoms with van der Waals surface area (Å²) in [6.45, 7) is 1.58. The highest BCUT2D eigenvalue weighted by molar-refractivity contribution is 5.47. The van der Waals surface area contributed by atoms with E-state index in [0.717, 1.165) is 35.5 Å². The number of nitrogens with zero attached hydrogens (tertiary/aromatic N) is 3. The number of halogens is 1. The number of azide groups is 1. The number of rotatable bonds is 9. The minimum Gasteiger partial charge on any atom is -0.496 e. The Labute approximate surface area is 124 Å². The first-order valence-electron chi connectivity index (χ1n) is 7.04. The van der Waals surface area contributed by atoms with Crippen LogP contribution in [0.15, 0.2) is 17.2 Å². The van der Waals surface area contributed by atoms with E-state index in [9.17, 15) is 4.39 Å². The molecule has 5 nitrogen and oxygen atoms in total. The van der Waals surface area contributed by atoms with Crippen molar-refractivity contribution in [1.82, 2.24) is 0 Å². The summed E-state index contributed by atoms with van der Waals surface area (Å²) in [7, 11) is 3.22. The van der Waals surface area contributed by atoms with Gasteiger partial charge in [0, 0.05) is 11.0 Å². The first-order chi connectivity index (χ1) is 10.2. The van der Waals surface area contributed by atoms with E-state index in [4.69, 9.17) is 15.0 Å². The largest absolute Gasteiger partial charge is 0.496 e. The highest BCUT2D eigenvalue weighted by Crippen LogP contribution is 2.31. The van der Waals surface area contributed by atoms with E-state index < -0.39 is 12.7 Å². The first kappa shape index (κ1) is 17.1. The van der Waals surface area contributed by atoms with Crippen LogP contribution in [0.3, 0.4) is 0 Å². The van der Waals surface area contributed by atoms with Crippen LogP contribution in [0.2, 0.25) is 0 Å². The molecule has 21 heavy (non-hydrogen) atoms. The van der Waals surface area contributed by atoms with Crippen LogP contribution in [0, 0.1) is 0 Å². The van der Waals surface area contributed by atoms with Gasteiger partial charge in [-0.1, -0.05) is 18.5 Å². The second-order valence-corrected chi connectivity index (χ2v) is 4.77. The van der Waals surface area contributed by atoms with Crippen LogP contribution in [-0.4, -0.2) is 26.9 Å². The van der Waals surface area contributed by atoms with Crippen molar-refractivity contribution in [2.45, 2.75) is 38.6 Å². The molecule has 1 aromatic carbocycles. The SMILES string of the molecule is CCCc1cc(OC)c(CC(CCF)N=[N+]=[N-])cc1OC. The number of hydrogen-bond acceptors (Lipinski definition) is 3. The quantitative estimate of drug-likeness (QED) is 0.388. The monoisotopic (exact) mass is 295 g/mol. The van der Waals surface area contributed by atoms with Crippen molar-refractivity contribution in [3.05, 3.63) is 33.7 Å². The van der Waals surface area contributed by atoms with Gasteiger partial charge in [-0.2, -0.15) is 0 Å². The minimum atomic E-state index is -0.517. The van der Waals surface area contributed by atoms with E-state index in [2.05, 4.69) is 16.9 Å². The number of hydrogen-bond donors (Lipinski definition) is 0. The molecule has 0 aliphatic carbocycles. The van der Waals surface area contributed by atoms with Crippen molar-refractivity contribution in [1.29, 1.82) is 0 Å². The van der Waals surface area contributed by atoms with Gasteiger partial charge in [0.15, 0.2) is 0 Å². The Morgan fingerprint density at radius 2 is 1.86 bits per heavy atom. The van der Waals surface area contributed by atoms with Crippen LogP contribution >= 0.6 is 0 Å². The minimum absolute atomic E-state index is 0.201. The Bertz CT molecular complexity index is 502. The first-order valence-corrected chi connectivity index (χ1v) is 7.04. The lowest BCUT2D eigenvalue weighted by Gasteiger charge is -2.16. The van der Waals surface area contributed by atoms with Crippen LogP contribution in [0.5, 0.6) is 11.5 Å². The van der Waals surface area contributed by atoms with E-state index in [1.807, 2.05) is 12.1 Å². The molecule has 116 valence electrons. The molecule has 0 aliphatic rings. The predicted molar refractivity (Wildman–Crippen MR) is 80.8 cm³/mol. The summed E-state index contributed by atoms with van der Waals surface area (Å²) in [4.78, 5) is 2.78. The number of aryl methyl sites for hydroxylation is 1. The summed E-state index contributed by atoms with van der Waals surface area (Å²) >= 11 is 0. The summed E-state index contributed by atoms with van der Waals surface area (Å²) in [5.74, 6) is 1.50. The molecule has 6 heteroatoms. The van der Waals surface area contributed by atoms with Gasteiger partial charge < -0.3 is 9.47 Å². The van der Waals surface area contributed by atoms with Crippen LogP contribution in [-0.2, 0) is 12.8 Å². The van der Waals surface area contributed by atoms with E-state index in [-0.39, 0.29) is 6.42 Å². The Kier molecular flexibility index (Phi) is 7.40. The van der Waals surface area contributed by atoms with Crippen molar-refractivity contribution < 1.29 is 13.9 Å². The molecule has 0 aliphatic heterocycles. The van der Waals surface area contributed by atoms with Gasteiger partial charge in [-0.05, 0) is 48.1 Å². The van der Waals surface area contributed by atoms with Crippen LogP contribution in [0.1, 0.15) is 30.9 Å². The zero-order valence-corrected chi connectivity index (χ0v) is 12.8. The third-order valence-electron chi connectivity index (χ3n) is 3.32. The molecular weight excluding hydrogens is 273 g/mol. The van der Waals surface area contributed by atoms with Crippen molar-refractivity contribution >= 4 is 0 Å². The molecule has 0 bridgehead atoms. The van der Waals surface area contributed by atoms with Crippen molar-refractivity contribution in [2.24, 2.45) is 5.11 Å². The van der Waals surface area contributed by atoms with Gasteiger partial charge in [-0.25, -0.2) is 0 Å². The fourth-order valence-corrected chi connectivity index (χ4v) is 2.30. The third kappa shape index (κ3) is 4.83. The molecule has 0 saturated heterocycles. The number of alkyl halides is 1. The lowest BCUT2D eigenvalue weighted by Crippen LogP contribution is -2.10. The molecule has 0 fully saturated rings. The maximum absolute atomic E-state index is 12.5. The second-order valence-electron chi connectivity index (χ2n) is 4.77. The molecule has 0 saturated carbocycles. The van der Waals surface area contributed by atoms with E-state index >= 15 is 0 Å². The summed E-state index contributed by atoms with van der Waals surface area (Å²) in [5, 5.41) is 3.64. The topological polar surface area (TPSA) is 67.2 Å². The lowest BCUT2D eigenvalue weighted by molar-refractivity contribution is 0.389. The van der Waals surface area contributed by atoms with Gasteiger partial charge in [0.25, 0.3) is 0 Å². The summed E-state index contributed by atoms with van der Waals surface area (Å²) in [6, 6.07) is 3.41. The molecule has 0 spiro atoms. The fourth-order valence-electron chi connectivity index (χ4n) is 2.30. The van der Waals surface area contributed by atoms with E-state index in [1.165, 1.54) is 0 Å². The summed E-state index contributed by atoms with van der Waals surface area (Å²) in [5.41, 5.74) is 10.5. The Morgan fingerprint density at radius 1 is 1.24 bits per heavy atom. The van der Waals surface area contributed by atoms with Crippen molar-refractivity contribution in [2.75, 3.05) is 20.9 Å². The average molecular weight is 295 g/mol.